The first-order chi connectivity index (χ1) is 7.20. The number of methoxy groups -OCH3 is 1. The summed E-state index contributed by atoms with van der Waals surface area (Å²) in [6, 6.07) is 5.39. The predicted octanol–water partition coefficient (Wildman–Crippen LogP) is 1.75. The van der Waals surface area contributed by atoms with Gasteiger partial charge in [0, 0.05) is 13.7 Å². The van der Waals surface area contributed by atoms with Crippen LogP contribution in [0.4, 0.5) is 0 Å². The Balaban J connectivity index is 2.20. The Bertz CT molecular complexity index is 384. The van der Waals surface area contributed by atoms with Crippen molar-refractivity contribution < 1.29 is 14.6 Å². The van der Waals surface area contributed by atoms with Crippen LogP contribution in [0.5, 0.6) is 0 Å². The second kappa shape index (κ2) is 4.03. The molecule has 3 nitrogen and oxygen atoms in total. The van der Waals surface area contributed by atoms with Gasteiger partial charge in [0.1, 0.15) is 0 Å². The van der Waals surface area contributed by atoms with Crippen LogP contribution in [-0.2, 0) is 17.6 Å². The Morgan fingerprint density at radius 1 is 1.47 bits per heavy atom. The lowest BCUT2D eigenvalue weighted by atomic mass is 10.1. The molecule has 0 bridgehead atoms. The molecular formula is C12H14O3. The largest absolute Gasteiger partial charge is 0.478 e. The number of carboxylic acids is 1. The first kappa shape index (κ1) is 10.2. The number of carbonyl (C=O) groups is 1. The highest BCUT2D eigenvalue weighted by atomic mass is 16.5. The molecule has 1 aromatic rings. The summed E-state index contributed by atoms with van der Waals surface area (Å²) < 4.78 is 5.12. The van der Waals surface area contributed by atoms with Crippen LogP contribution >= 0.6 is 0 Å². The lowest BCUT2D eigenvalue weighted by Crippen LogP contribution is -2.07. The summed E-state index contributed by atoms with van der Waals surface area (Å²) in [6.45, 7) is 0.747. The maximum Gasteiger partial charge on any atom is 0.335 e. The molecule has 0 aromatic heterocycles. The number of ether oxygens (including phenoxy) is 1. The summed E-state index contributed by atoms with van der Waals surface area (Å²) in [5, 5.41) is 8.86. The maximum atomic E-state index is 10.8. The van der Waals surface area contributed by atoms with E-state index in [-0.39, 0.29) is 0 Å². The number of aromatic carboxylic acids is 1. The monoisotopic (exact) mass is 206 g/mol. The van der Waals surface area contributed by atoms with Gasteiger partial charge in [-0.25, -0.2) is 4.79 Å². The van der Waals surface area contributed by atoms with E-state index in [0.717, 1.165) is 25.0 Å². The average molecular weight is 206 g/mol. The van der Waals surface area contributed by atoms with Crippen molar-refractivity contribution in [1.82, 2.24) is 0 Å². The van der Waals surface area contributed by atoms with E-state index in [1.54, 1.807) is 19.2 Å². The van der Waals surface area contributed by atoms with Crippen LogP contribution in [0.15, 0.2) is 18.2 Å². The lowest BCUT2D eigenvalue weighted by molar-refractivity contribution is 0.0697. The van der Waals surface area contributed by atoms with Crippen molar-refractivity contribution >= 4 is 5.97 Å². The van der Waals surface area contributed by atoms with E-state index in [1.165, 1.54) is 5.56 Å². The second-order valence-electron chi connectivity index (χ2n) is 4.02. The van der Waals surface area contributed by atoms with E-state index >= 15 is 0 Å². The van der Waals surface area contributed by atoms with Crippen molar-refractivity contribution in [1.29, 1.82) is 0 Å². The Morgan fingerprint density at radius 3 is 2.87 bits per heavy atom. The Morgan fingerprint density at radius 2 is 2.20 bits per heavy atom. The van der Waals surface area contributed by atoms with Gasteiger partial charge >= 0.3 is 5.97 Å². The number of hydrogen-bond donors (Lipinski definition) is 1. The molecule has 2 rings (SSSR count). The lowest BCUT2D eigenvalue weighted by Gasteiger charge is -2.05. The first-order valence-electron chi connectivity index (χ1n) is 5.04. The molecule has 80 valence electrons. The van der Waals surface area contributed by atoms with Crippen LogP contribution in [0.1, 0.15) is 21.5 Å². The fourth-order valence-electron chi connectivity index (χ4n) is 2.20. The van der Waals surface area contributed by atoms with Gasteiger partial charge in [0.2, 0.25) is 0 Å². The van der Waals surface area contributed by atoms with E-state index in [2.05, 4.69) is 0 Å². The molecule has 1 aliphatic rings. The molecule has 1 N–H and O–H groups in total. The van der Waals surface area contributed by atoms with Gasteiger partial charge in [-0.1, -0.05) is 6.07 Å². The predicted molar refractivity (Wildman–Crippen MR) is 56.2 cm³/mol. The minimum absolute atomic E-state index is 0.381. The van der Waals surface area contributed by atoms with Crippen molar-refractivity contribution in [3.8, 4) is 0 Å². The van der Waals surface area contributed by atoms with Gasteiger partial charge < -0.3 is 9.84 Å². The molecule has 0 spiro atoms. The number of carboxylic acid groups (broad SMARTS) is 1. The van der Waals surface area contributed by atoms with E-state index in [4.69, 9.17) is 9.84 Å². The van der Waals surface area contributed by atoms with E-state index < -0.39 is 5.97 Å². The van der Waals surface area contributed by atoms with Crippen LogP contribution in [0, 0.1) is 5.92 Å². The van der Waals surface area contributed by atoms with Crippen LogP contribution in [0.2, 0.25) is 0 Å². The first-order valence-corrected chi connectivity index (χ1v) is 5.04. The normalized spacial score (nSPS) is 18.9. The minimum Gasteiger partial charge on any atom is -0.478 e. The molecule has 0 saturated heterocycles. The molecular weight excluding hydrogens is 192 g/mol. The highest BCUT2D eigenvalue weighted by molar-refractivity contribution is 5.88. The Kier molecular flexibility index (Phi) is 2.73. The van der Waals surface area contributed by atoms with Crippen molar-refractivity contribution in [2.45, 2.75) is 12.8 Å². The third-order valence-corrected chi connectivity index (χ3v) is 2.87. The molecule has 0 saturated carbocycles. The maximum absolute atomic E-state index is 10.8. The van der Waals surface area contributed by atoms with E-state index in [1.807, 2.05) is 6.07 Å². The third-order valence-electron chi connectivity index (χ3n) is 2.87. The molecule has 1 aliphatic carbocycles. The van der Waals surface area contributed by atoms with Crippen LogP contribution < -0.4 is 0 Å². The second-order valence-corrected chi connectivity index (χ2v) is 4.02. The standard InChI is InChI=1S/C12H14O3/c1-15-7-8-4-9-2-3-10(12(13)14)6-11(9)5-8/h2-3,6,8H,4-5,7H2,1H3,(H,13,14). The summed E-state index contributed by atoms with van der Waals surface area (Å²) >= 11 is 0. The molecule has 15 heavy (non-hydrogen) atoms. The number of fused-ring (bicyclic) bond motifs is 1. The fraction of sp³-hybridized carbons (Fsp3) is 0.417. The quantitative estimate of drug-likeness (QED) is 0.819. The van der Waals surface area contributed by atoms with Crippen molar-refractivity contribution in [3.63, 3.8) is 0 Å². The van der Waals surface area contributed by atoms with Gasteiger partial charge in [-0.3, -0.25) is 0 Å². The minimum atomic E-state index is -0.854. The molecule has 0 fully saturated rings. The molecule has 1 unspecified atom stereocenters. The molecule has 0 aliphatic heterocycles. The summed E-state index contributed by atoms with van der Waals surface area (Å²) in [4.78, 5) is 10.8. The molecule has 1 aromatic carbocycles. The third kappa shape index (κ3) is 2.02. The average Bonchev–Trinajstić information content (AvgIpc) is 2.59. The van der Waals surface area contributed by atoms with Gasteiger partial charge in [0.15, 0.2) is 0 Å². The molecule has 0 radical (unpaired) electrons. The molecule has 0 amide bonds. The van der Waals surface area contributed by atoms with Gasteiger partial charge in [-0.15, -0.1) is 0 Å². The van der Waals surface area contributed by atoms with E-state index in [9.17, 15) is 4.79 Å². The van der Waals surface area contributed by atoms with Gasteiger partial charge in [0.05, 0.1) is 5.56 Å². The summed E-state index contributed by atoms with van der Waals surface area (Å²) in [6.07, 6.45) is 1.94. The SMILES string of the molecule is COCC1Cc2ccc(C(=O)O)cc2C1. The van der Waals surface area contributed by atoms with Crippen LogP contribution in [0.25, 0.3) is 0 Å². The summed E-state index contributed by atoms with van der Waals surface area (Å²) in [7, 11) is 1.70. The summed E-state index contributed by atoms with van der Waals surface area (Å²) in [5.41, 5.74) is 2.81. The summed E-state index contributed by atoms with van der Waals surface area (Å²) in [5.74, 6) is -0.345. The zero-order chi connectivity index (χ0) is 10.8. The van der Waals surface area contributed by atoms with Gasteiger partial charge in [0.25, 0.3) is 0 Å². The van der Waals surface area contributed by atoms with Crippen molar-refractivity contribution in [2.24, 2.45) is 5.92 Å². The smallest absolute Gasteiger partial charge is 0.335 e. The van der Waals surface area contributed by atoms with Crippen molar-refractivity contribution in [2.75, 3.05) is 13.7 Å². The fourth-order valence-corrected chi connectivity index (χ4v) is 2.20. The zero-order valence-electron chi connectivity index (χ0n) is 8.69. The number of rotatable bonds is 3. The zero-order valence-corrected chi connectivity index (χ0v) is 8.69. The van der Waals surface area contributed by atoms with E-state index in [0.29, 0.717) is 11.5 Å². The Labute approximate surface area is 88.7 Å². The molecule has 3 heteroatoms. The number of benzene rings is 1. The topological polar surface area (TPSA) is 46.5 Å². The van der Waals surface area contributed by atoms with Gasteiger partial charge in [-0.05, 0) is 42.0 Å². The highest BCUT2D eigenvalue weighted by Gasteiger charge is 2.22. The number of hydrogen-bond acceptors (Lipinski definition) is 2. The molecule has 1 atom stereocenters. The Hall–Kier alpha value is -1.35. The van der Waals surface area contributed by atoms with Crippen molar-refractivity contribution in [3.05, 3.63) is 34.9 Å². The van der Waals surface area contributed by atoms with Gasteiger partial charge in [-0.2, -0.15) is 0 Å². The van der Waals surface area contributed by atoms with Crippen LogP contribution in [-0.4, -0.2) is 24.8 Å². The molecule has 0 heterocycles. The highest BCUT2D eigenvalue weighted by Crippen LogP contribution is 2.27. The van der Waals surface area contributed by atoms with Crippen LogP contribution in [0.3, 0.4) is 0 Å².